The maximum atomic E-state index is 13.6. The van der Waals surface area contributed by atoms with Gasteiger partial charge in [-0.25, -0.2) is 9.37 Å². The molecule has 1 heterocycles. The number of carbonyl (C=O) groups is 1. The molecule has 1 fully saturated rings. The zero-order chi connectivity index (χ0) is 12.7. The van der Waals surface area contributed by atoms with Crippen LogP contribution < -0.4 is 0 Å². The Morgan fingerprint density at radius 1 is 1.44 bits per heavy atom. The topological polar surface area (TPSA) is 50.2 Å². The van der Waals surface area contributed by atoms with Gasteiger partial charge in [-0.15, -0.1) is 11.3 Å². The van der Waals surface area contributed by atoms with E-state index in [-0.39, 0.29) is 17.7 Å². The smallest absolute Gasteiger partial charge is 0.307 e. The minimum Gasteiger partial charge on any atom is -0.481 e. The van der Waals surface area contributed by atoms with E-state index in [1.807, 2.05) is 5.38 Å². The predicted octanol–water partition coefficient (Wildman–Crippen LogP) is 3.14. The highest BCUT2D eigenvalue weighted by Crippen LogP contribution is 2.48. The van der Waals surface area contributed by atoms with E-state index in [0.717, 1.165) is 5.69 Å². The van der Waals surface area contributed by atoms with Crippen LogP contribution in [0.4, 0.5) is 4.39 Å². The number of hydrogen-bond acceptors (Lipinski definition) is 3. The molecule has 1 aromatic heterocycles. The first-order valence-corrected chi connectivity index (χ1v) is 6.48. The molecule has 2 unspecified atom stereocenters. The molecule has 3 rings (SSSR count). The zero-order valence-corrected chi connectivity index (χ0v) is 10.2. The van der Waals surface area contributed by atoms with Crippen LogP contribution in [-0.4, -0.2) is 16.1 Å². The number of carboxylic acids is 1. The molecule has 0 aliphatic heterocycles. The average molecular weight is 263 g/mol. The third-order valence-electron chi connectivity index (χ3n) is 3.11. The number of rotatable bonds is 3. The van der Waals surface area contributed by atoms with Crippen molar-refractivity contribution in [3.8, 4) is 10.6 Å². The summed E-state index contributed by atoms with van der Waals surface area (Å²) in [5.41, 5.74) is 1.24. The standard InChI is InChI=1S/C13H10FNO2S/c14-10-4-2-1-3-7(10)12-15-11(6-18-12)8-5-9(8)13(16)17/h1-4,6,8-9H,5H2,(H,16,17). The summed E-state index contributed by atoms with van der Waals surface area (Å²) in [5.74, 6) is -1.40. The maximum Gasteiger partial charge on any atom is 0.307 e. The van der Waals surface area contributed by atoms with Crippen molar-refractivity contribution in [2.45, 2.75) is 12.3 Å². The Morgan fingerprint density at radius 2 is 2.22 bits per heavy atom. The second-order valence-electron chi connectivity index (χ2n) is 4.34. The van der Waals surface area contributed by atoms with Crippen LogP contribution in [0.3, 0.4) is 0 Å². The Kier molecular flexibility index (Phi) is 2.63. The van der Waals surface area contributed by atoms with Crippen LogP contribution >= 0.6 is 11.3 Å². The van der Waals surface area contributed by atoms with E-state index < -0.39 is 5.97 Å². The molecule has 1 aliphatic rings. The van der Waals surface area contributed by atoms with Crippen LogP contribution in [0, 0.1) is 11.7 Å². The van der Waals surface area contributed by atoms with Gasteiger partial charge >= 0.3 is 5.97 Å². The van der Waals surface area contributed by atoms with Gasteiger partial charge < -0.3 is 5.11 Å². The number of hydrogen-bond donors (Lipinski definition) is 1. The molecule has 0 spiro atoms. The Bertz CT molecular complexity index is 611. The largest absolute Gasteiger partial charge is 0.481 e. The lowest BCUT2D eigenvalue weighted by molar-refractivity contribution is -0.138. The summed E-state index contributed by atoms with van der Waals surface area (Å²) in [6.07, 6.45) is 0.635. The highest BCUT2D eigenvalue weighted by atomic mass is 32.1. The van der Waals surface area contributed by atoms with Crippen LogP contribution in [0.5, 0.6) is 0 Å². The van der Waals surface area contributed by atoms with E-state index in [4.69, 9.17) is 5.11 Å². The van der Waals surface area contributed by atoms with Gasteiger partial charge in [0.2, 0.25) is 0 Å². The monoisotopic (exact) mass is 263 g/mol. The molecule has 1 N–H and O–H groups in total. The Hall–Kier alpha value is -1.75. The summed E-state index contributed by atoms with van der Waals surface area (Å²) in [7, 11) is 0. The van der Waals surface area contributed by atoms with Crippen molar-refractivity contribution in [2.24, 2.45) is 5.92 Å². The SMILES string of the molecule is O=C(O)C1CC1c1csc(-c2ccccc2F)n1. The second kappa shape index (κ2) is 4.17. The number of aromatic nitrogens is 1. The number of halogens is 1. The third kappa shape index (κ3) is 1.90. The average Bonchev–Trinajstić information content (AvgIpc) is 3.02. The summed E-state index contributed by atoms with van der Waals surface area (Å²) in [6, 6.07) is 6.47. The fourth-order valence-electron chi connectivity index (χ4n) is 2.01. The molecular weight excluding hydrogens is 253 g/mol. The number of aliphatic carboxylic acids is 1. The van der Waals surface area contributed by atoms with Crippen LogP contribution in [0.2, 0.25) is 0 Å². The Labute approximate surface area is 107 Å². The molecule has 92 valence electrons. The second-order valence-corrected chi connectivity index (χ2v) is 5.20. The van der Waals surface area contributed by atoms with Crippen molar-refractivity contribution in [1.82, 2.24) is 4.98 Å². The Morgan fingerprint density at radius 3 is 2.89 bits per heavy atom. The first-order valence-electron chi connectivity index (χ1n) is 5.60. The fraction of sp³-hybridized carbons (Fsp3) is 0.231. The number of nitrogens with zero attached hydrogens (tertiary/aromatic N) is 1. The van der Waals surface area contributed by atoms with Gasteiger partial charge in [0, 0.05) is 16.9 Å². The van der Waals surface area contributed by atoms with Crippen molar-refractivity contribution in [1.29, 1.82) is 0 Å². The van der Waals surface area contributed by atoms with Gasteiger partial charge in [-0.2, -0.15) is 0 Å². The van der Waals surface area contributed by atoms with Crippen LogP contribution in [0.15, 0.2) is 29.6 Å². The van der Waals surface area contributed by atoms with Crippen molar-refractivity contribution < 1.29 is 14.3 Å². The van der Waals surface area contributed by atoms with Gasteiger partial charge in [0.1, 0.15) is 10.8 Å². The first-order chi connectivity index (χ1) is 8.66. The van der Waals surface area contributed by atoms with E-state index in [1.54, 1.807) is 18.2 Å². The molecule has 2 aromatic rings. The Balaban J connectivity index is 1.87. The lowest BCUT2D eigenvalue weighted by Gasteiger charge is -1.97. The molecule has 1 aromatic carbocycles. The third-order valence-corrected chi connectivity index (χ3v) is 4.01. The molecule has 2 atom stereocenters. The quantitative estimate of drug-likeness (QED) is 0.925. The van der Waals surface area contributed by atoms with Crippen molar-refractivity contribution in [3.63, 3.8) is 0 Å². The summed E-state index contributed by atoms with van der Waals surface area (Å²) in [4.78, 5) is 15.1. The summed E-state index contributed by atoms with van der Waals surface area (Å²) in [5, 5.41) is 11.3. The van der Waals surface area contributed by atoms with E-state index in [0.29, 0.717) is 17.0 Å². The van der Waals surface area contributed by atoms with Gasteiger partial charge in [0.25, 0.3) is 0 Å². The molecule has 0 radical (unpaired) electrons. The van der Waals surface area contributed by atoms with Crippen molar-refractivity contribution >= 4 is 17.3 Å². The summed E-state index contributed by atoms with van der Waals surface area (Å²) < 4.78 is 13.6. The van der Waals surface area contributed by atoms with E-state index in [2.05, 4.69) is 4.98 Å². The lowest BCUT2D eigenvalue weighted by Crippen LogP contribution is -1.99. The van der Waals surface area contributed by atoms with Gasteiger partial charge in [0.15, 0.2) is 0 Å². The summed E-state index contributed by atoms with van der Waals surface area (Å²) in [6.45, 7) is 0. The predicted molar refractivity (Wildman–Crippen MR) is 66.0 cm³/mol. The highest BCUT2D eigenvalue weighted by Gasteiger charge is 2.45. The molecule has 5 heteroatoms. The number of thiazole rings is 1. The molecule has 3 nitrogen and oxygen atoms in total. The van der Waals surface area contributed by atoms with Gasteiger partial charge in [-0.3, -0.25) is 4.79 Å². The molecule has 18 heavy (non-hydrogen) atoms. The minimum absolute atomic E-state index is 0.000673. The van der Waals surface area contributed by atoms with Gasteiger partial charge in [-0.05, 0) is 18.6 Å². The van der Waals surface area contributed by atoms with Crippen molar-refractivity contribution in [3.05, 3.63) is 41.2 Å². The molecule has 0 saturated heterocycles. The van der Waals surface area contributed by atoms with E-state index in [9.17, 15) is 9.18 Å². The maximum absolute atomic E-state index is 13.6. The lowest BCUT2D eigenvalue weighted by atomic mass is 10.2. The van der Waals surface area contributed by atoms with Crippen molar-refractivity contribution in [2.75, 3.05) is 0 Å². The number of benzene rings is 1. The molecule has 1 aliphatic carbocycles. The summed E-state index contributed by atoms with van der Waals surface area (Å²) >= 11 is 1.35. The molecule has 0 bridgehead atoms. The fourth-order valence-corrected chi connectivity index (χ4v) is 2.92. The molecule has 0 amide bonds. The highest BCUT2D eigenvalue weighted by molar-refractivity contribution is 7.13. The van der Waals surface area contributed by atoms with Crippen LogP contribution in [-0.2, 0) is 4.79 Å². The van der Waals surface area contributed by atoms with E-state index >= 15 is 0 Å². The zero-order valence-electron chi connectivity index (χ0n) is 9.34. The molecule has 1 saturated carbocycles. The van der Waals surface area contributed by atoms with E-state index in [1.165, 1.54) is 17.4 Å². The normalized spacial score (nSPS) is 21.8. The van der Waals surface area contributed by atoms with Gasteiger partial charge in [0.05, 0.1) is 11.6 Å². The minimum atomic E-state index is -0.777. The first kappa shape index (κ1) is 11.3. The number of carboxylic acid groups (broad SMARTS) is 1. The van der Waals surface area contributed by atoms with Crippen LogP contribution in [0.25, 0.3) is 10.6 Å². The van der Waals surface area contributed by atoms with Gasteiger partial charge in [-0.1, -0.05) is 12.1 Å². The van der Waals surface area contributed by atoms with Crippen LogP contribution in [0.1, 0.15) is 18.0 Å². The molecular formula is C13H10FNO2S.